The van der Waals surface area contributed by atoms with Crippen LogP contribution in [0.1, 0.15) is 24.5 Å². The van der Waals surface area contributed by atoms with E-state index in [9.17, 15) is 4.79 Å². The number of nitrogens with zero attached hydrogens (tertiary/aromatic N) is 1. The van der Waals surface area contributed by atoms with Crippen molar-refractivity contribution < 1.29 is 9.53 Å². The van der Waals surface area contributed by atoms with Crippen molar-refractivity contribution in [1.82, 2.24) is 0 Å². The Balaban J connectivity index is 1.76. The summed E-state index contributed by atoms with van der Waals surface area (Å²) in [4.78, 5) is 12.2. The maximum Gasteiger partial charge on any atom is 0.329 e. The number of ether oxygens (including phenoxy) is 1. The van der Waals surface area contributed by atoms with Crippen molar-refractivity contribution in [3.05, 3.63) is 65.7 Å². The highest BCUT2D eigenvalue weighted by Crippen LogP contribution is 2.37. The third-order valence-electron chi connectivity index (χ3n) is 3.94. The average Bonchev–Trinajstić information content (AvgIpc) is 2.84. The molecular weight excluding hydrogens is 276 g/mol. The van der Waals surface area contributed by atoms with Gasteiger partial charge in [-0.3, -0.25) is 0 Å². The second-order valence-electron chi connectivity index (χ2n) is 5.61. The zero-order valence-corrected chi connectivity index (χ0v) is 12.2. The fraction of sp³-hybridized carbons (Fsp3) is 0.222. The van der Waals surface area contributed by atoms with Crippen LogP contribution in [0.15, 0.2) is 54.6 Å². The van der Waals surface area contributed by atoms with Crippen LogP contribution in [0.2, 0.25) is 0 Å². The molecule has 4 heteroatoms. The lowest BCUT2D eigenvalue weighted by Crippen LogP contribution is -2.25. The van der Waals surface area contributed by atoms with Gasteiger partial charge in [0.2, 0.25) is 0 Å². The summed E-state index contributed by atoms with van der Waals surface area (Å²) in [5.74, 6) is -0.254. The van der Waals surface area contributed by atoms with E-state index in [4.69, 9.17) is 10.00 Å². The van der Waals surface area contributed by atoms with E-state index in [1.54, 1.807) is 24.3 Å². The van der Waals surface area contributed by atoms with Crippen molar-refractivity contribution >= 4 is 11.7 Å². The molecule has 0 spiro atoms. The summed E-state index contributed by atoms with van der Waals surface area (Å²) in [5, 5.41) is 12.0. The topological polar surface area (TPSA) is 62.1 Å². The molecule has 1 aliphatic rings. The molecule has 110 valence electrons. The Bertz CT molecular complexity index is 719. The molecule has 1 aliphatic heterocycles. The number of hydrogen-bond acceptors (Lipinski definition) is 4. The number of nitrogens with one attached hydrogen (secondary N) is 1. The van der Waals surface area contributed by atoms with Gasteiger partial charge in [0.15, 0.2) is 0 Å². The Hall–Kier alpha value is -2.80. The van der Waals surface area contributed by atoms with Crippen LogP contribution in [0.25, 0.3) is 0 Å². The number of carbonyl (C=O) groups is 1. The molecule has 1 N–H and O–H groups in total. The van der Waals surface area contributed by atoms with Gasteiger partial charge in [0, 0.05) is 12.1 Å². The first-order valence-electron chi connectivity index (χ1n) is 7.16. The van der Waals surface area contributed by atoms with Crippen LogP contribution < -0.4 is 5.32 Å². The molecule has 0 radical (unpaired) electrons. The van der Waals surface area contributed by atoms with Crippen molar-refractivity contribution in [1.29, 1.82) is 5.26 Å². The van der Waals surface area contributed by atoms with Crippen LogP contribution in [0.4, 0.5) is 5.69 Å². The quantitative estimate of drug-likeness (QED) is 0.882. The lowest BCUT2D eigenvalue weighted by Gasteiger charge is -2.22. The van der Waals surface area contributed by atoms with Crippen molar-refractivity contribution in [2.45, 2.75) is 25.0 Å². The Labute approximate surface area is 129 Å². The van der Waals surface area contributed by atoms with E-state index in [0.29, 0.717) is 12.0 Å². The second-order valence-corrected chi connectivity index (χ2v) is 5.61. The summed E-state index contributed by atoms with van der Waals surface area (Å²) in [6.45, 7) is 1.93. The number of nitriles is 1. The molecular formula is C18H16N2O2. The minimum Gasteiger partial charge on any atom is -0.453 e. The first-order valence-corrected chi connectivity index (χ1v) is 7.16. The van der Waals surface area contributed by atoms with Crippen LogP contribution in [0, 0.1) is 11.3 Å². The lowest BCUT2D eigenvalue weighted by atomic mass is 9.91. The van der Waals surface area contributed by atoms with Crippen LogP contribution in [0.3, 0.4) is 0 Å². The van der Waals surface area contributed by atoms with E-state index in [1.165, 1.54) is 0 Å². The monoisotopic (exact) mass is 292 g/mol. The lowest BCUT2D eigenvalue weighted by molar-refractivity contribution is -0.148. The molecule has 0 aliphatic carbocycles. The standard InChI is InChI=1S/C18H16N2O2/c1-18(14-5-3-2-4-6-14)11-16(17(21)22-18)20-15-9-7-13(12-19)8-10-15/h2-10,16,20H,11H2,1H3. The molecule has 2 aromatic carbocycles. The first kappa shape index (κ1) is 14.2. The number of rotatable bonds is 3. The summed E-state index contributed by atoms with van der Waals surface area (Å²) in [6, 6.07) is 18.5. The highest BCUT2D eigenvalue weighted by molar-refractivity contribution is 5.82. The van der Waals surface area contributed by atoms with Crippen molar-refractivity contribution in [2.75, 3.05) is 5.32 Å². The largest absolute Gasteiger partial charge is 0.453 e. The molecule has 1 saturated heterocycles. The molecule has 22 heavy (non-hydrogen) atoms. The molecule has 2 unspecified atom stereocenters. The second kappa shape index (κ2) is 5.53. The smallest absolute Gasteiger partial charge is 0.329 e. The fourth-order valence-corrected chi connectivity index (χ4v) is 2.73. The van der Waals surface area contributed by atoms with Gasteiger partial charge in [-0.25, -0.2) is 4.79 Å². The molecule has 1 heterocycles. The Morgan fingerprint density at radius 3 is 2.50 bits per heavy atom. The van der Waals surface area contributed by atoms with Gasteiger partial charge in [-0.2, -0.15) is 5.26 Å². The third kappa shape index (κ3) is 2.66. The molecule has 4 nitrogen and oxygen atoms in total. The summed E-state index contributed by atoms with van der Waals surface area (Å²) in [5.41, 5.74) is 1.78. The van der Waals surface area contributed by atoms with E-state index >= 15 is 0 Å². The van der Waals surface area contributed by atoms with Gasteiger partial charge < -0.3 is 10.1 Å². The van der Waals surface area contributed by atoms with Crippen molar-refractivity contribution in [3.8, 4) is 6.07 Å². The maximum absolute atomic E-state index is 12.2. The molecule has 2 atom stereocenters. The van der Waals surface area contributed by atoms with Gasteiger partial charge in [-0.15, -0.1) is 0 Å². The van der Waals surface area contributed by atoms with Gasteiger partial charge in [0.25, 0.3) is 0 Å². The number of benzene rings is 2. The molecule has 0 saturated carbocycles. The van der Waals surface area contributed by atoms with Gasteiger partial charge in [0.1, 0.15) is 11.6 Å². The minimum atomic E-state index is -0.609. The molecule has 2 aromatic rings. The van der Waals surface area contributed by atoms with Crippen LogP contribution >= 0.6 is 0 Å². The van der Waals surface area contributed by atoms with E-state index in [0.717, 1.165) is 11.3 Å². The van der Waals surface area contributed by atoms with E-state index in [1.807, 2.05) is 37.3 Å². The van der Waals surface area contributed by atoms with Crippen LogP contribution in [-0.2, 0) is 15.1 Å². The molecule has 0 aromatic heterocycles. The number of anilines is 1. The molecule has 0 bridgehead atoms. The maximum atomic E-state index is 12.2. The van der Waals surface area contributed by atoms with Gasteiger partial charge in [-0.05, 0) is 36.8 Å². The Morgan fingerprint density at radius 2 is 1.86 bits per heavy atom. The van der Waals surface area contributed by atoms with E-state index in [2.05, 4.69) is 11.4 Å². The van der Waals surface area contributed by atoms with Gasteiger partial charge >= 0.3 is 5.97 Å². The highest BCUT2D eigenvalue weighted by Gasteiger charge is 2.44. The normalized spacial score (nSPS) is 23.6. The summed E-state index contributed by atoms with van der Waals surface area (Å²) >= 11 is 0. The summed E-state index contributed by atoms with van der Waals surface area (Å²) in [6.07, 6.45) is 0.565. The number of cyclic esters (lactones) is 1. The predicted octanol–water partition coefficient (Wildman–Crippen LogP) is 3.20. The van der Waals surface area contributed by atoms with Gasteiger partial charge in [0.05, 0.1) is 11.6 Å². The summed E-state index contributed by atoms with van der Waals surface area (Å²) < 4.78 is 5.61. The zero-order valence-electron chi connectivity index (χ0n) is 12.2. The van der Waals surface area contributed by atoms with Gasteiger partial charge in [-0.1, -0.05) is 30.3 Å². The van der Waals surface area contributed by atoms with Crippen LogP contribution in [-0.4, -0.2) is 12.0 Å². The molecule has 1 fully saturated rings. The first-order chi connectivity index (χ1) is 10.6. The van der Waals surface area contributed by atoms with Crippen molar-refractivity contribution in [3.63, 3.8) is 0 Å². The molecule has 0 amide bonds. The average molecular weight is 292 g/mol. The van der Waals surface area contributed by atoms with Crippen LogP contribution in [0.5, 0.6) is 0 Å². The zero-order chi connectivity index (χ0) is 15.6. The SMILES string of the molecule is CC1(c2ccccc2)CC(Nc2ccc(C#N)cc2)C(=O)O1. The third-order valence-corrected chi connectivity index (χ3v) is 3.94. The Morgan fingerprint density at radius 1 is 1.18 bits per heavy atom. The molecule has 3 rings (SSSR count). The summed E-state index contributed by atoms with van der Waals surface area (Å²) in [7, 11) is 0. The minimum absolute atomic E-state index is 0.254. The number of esters is 1. The van der Waals surface area contributed by atoms with Crippen molar-refractivity contribution in [2.24, 2.45) is 0 Å². The Kier molecular flexibility index (Phi) is 3.56. The predicted molar refractivity (Wildman–Crippen MR) is 83.1 cm³/mol. The van der Waals surface area contributed by atoms with E-state index < -0.39 is 11.6 Å². The van der Waals surface area contributed by atoms with E-state index in [-0.39, 0.29) is 5.97 Å². The highest BCUT2D eigenvalue weighted by atomic mass is 16.6. The number of carbonyl (C=O) groups excluding carboxylic acids is 1. The number of hydrogen-bond donors (Lipinski definition) is 1. The fourth-order valence-electron chi connectivity index (χ4n) is 2.73.